The SMILES string of the molecule is COc1ccc(NC(=O)c2cccc(Cl)c2)cc1NC(=O)c1cccc(C)c1. The second-order valence-electron chi connectivity index (χ2n) is 6.20. The van der Waals surface area contributed by atoms with Gasteiger partial charge in [-0.05, 0) is 55.5 Å². The van der Waals surface area contributed by atoms with E-state index in [1.807, 2.05) is 19.1 Å². The van der Waals surface area contributed by atoms with Gasteiger partial charge in [0.25, 0.3) is 11.8 Å². The summed E-state index contributed by atoms with van der Waals surface area (Å²) in [5.74, 6) is -0.0781. The highest BCUT2D eigenvalue weighted by Gasteiger charge is 2.13. The average Bonchev–Trinajstić information content (AvgIpc) is 2.68. The van der Waals surface area contributed by atoms with Crippen LogP contribution in [0.3, 0.4) is 0 Å². The van der Waals surface area contributed by atoms with Crippen molar-refractivity contribution in [2.45, 2.75) is 6.92 Å². The Hall–Kier alpha value is -3.31. The number of hydrogen-bond donors (Lipinski definition) is 2. The highest BCUT2D eigenvalue weighted by molar-refractivity contribution is 6.31. The molecule has 2 N–H and O–H groups in total. The number of anilines is 2. The van der Waals surface area contributed by atoms with E-state index in [4.69, 9.17) is 16.3 Å². The van der Waals surface area contributed by atoms with E-state index >= 15 is 0 Å². The molecule has 2 amide bonds. The number of aryl methyl sites for hydroxylation is 1. The molecule has 0 saturated heterocycles. The van der Waals surface area contributed by atoms with E-state index in [1.165, 1.54) is 7.11 Å². The molecule has 6 heteroatoms. The Balaban J connectivity index is 1.81. The lowest BCUT2D eigenvalue weighted by Gasteiger charge is -2.13. The van der Waals surface area contributed by atoms with Gasteiger partial charge in [-0.15, -0.1) is 0 Å². The van der Waals surface area contributed by atoms with Gasteiger partial charge in [0, 0.05) is 21.8 Å². The van der Waals surface area contributed by atoms with Gasteiger partial charge in [0.2, 0.25) is 0 Å². The van der Waals surface area contributed by atoms with Crippen molar-refractivity contribution in [1.82, 2.24) is 0 Å². The molecule has 0 heterocycles. The lowest BCUT2D eigenvalue weighted by Crippen LogP contribution is -2.14. The van der Waals surface area contributed by atoms with E-state index in [0.717, 1.165) is 5.56 Å². The average molecular weight is 395 g/mol. The van der Waals surface area contributed by atoms with Crippen molar-refractivity contribution in [2.75, 3.05) is 17.7 Å². The summed E-state index contributed by atoms with van der Waals surface area (Å²) < 4.78 is 5.32. The number of benzene rings is 3. The first-order chi connectivity index (χ1) is 13.5. The van der Waals surface area contributed by atoms with Crippen LogP contribution >= 0.6 is 11.6 Å². The first-order valence-electron chi connectivity index (χ1n) is 8.59. The molecule has 3 rings (SSSR count). The molecular weight excluding hydrogens is 376 g/mol. The number of hydrogen-bond acceptors (Lipinski definition) is 3. The maximum atomic E-state index is 12.6. The Morgan fingerprint density at radius 3 is 2.21 bits per heavy atom. The molecule has 5 nitrogen and oxygen atoms in total. The summed E-state index contributed by atoms with van der Waals surface area (Å²) in [6, 6.07) is 19.0. The molecule has 0 radical (unpaired) electrons. The van der Waals surface area contributed by atoms with Crippen LogP contribution in [-0.2, 0) is 0 Å². The quantitative estimate of drug-likeness (QED) is 0.628. The number of carbonyl (C=O) groups excluding carboxylic acids is 2. The smallest absolute Gasteiger partial charge is 0.255 e. The second kappa shape index (κ2) is 8.59. The lowest BCUT2D eigenvalue weighted by atomic mass is 10.1. The van der Waals surface area contributed by atoms with Crippen molar-refractivity contribution in [3.63, 3.8) is 0 Å². The first kappa shape index (κ1) is 19.5. The molecule has 28 heavy (non-hydrogen) atoms. The largest absolute Gasteiger partial charge is 0.495 e. The van der Waals surface area contributed by atoms with Gasteiger partial charge in [-0.1, -0.05) is 35.4 Å². The van der Waals surface area contributed by atoms with Crippen LogP contribution in [0.1, 0.15) is 26.3 Å². The second-order valence-corrected chi connectivity index (χ2v) is 6.64. The summed E-state index contributed by atoms with van der Waals surface area (Å²) in [6.07, 6.45) is 0. The van der Waals surface area contributed by atoms with Crippen LogP contribution in [0.4, 0.5) is 11.4 Å². The van der Waals surface area contributed by atoms with Crippen LogP contribution in [0.25, 0.3) is 0 Å². The van der Waals surface area contributed by atoms with Gasteiger partial charge >= 0.3 is 0 Å². The summed E-state index contributed by atoms with van der Waals surface area (Å²) in [6.45, 7) is 1.92. The molecule has 0 aliphatic rings. The highest BCUT2D eigenvalue weighted by Crippen LogP contribution is 2.29. The third kappa shape index (κ3) is 4.69. The Morgan fingerprint density at radius 2 is 1.54 bits per heavy atom. The zero-order chi connectivity index (χ0) is 20.1. The van der Waals surface area contributed by atoms with E-state index in [0.29, 0.717) is 33.3 Å². The maximum Gasteiger partial charge on any atom is 0.255 e. The normalized spacial score (nSPS) is 10.2. The minimum absolute atomic E-state index is 0.264. The lowest BCUT2D eigenvalue weighted by molar-refractivity contribution is 0.101. The van der Waals surface area contributed by atoms with Gasteiger partial charge < -0.3 is 15.4 Å². The molecule has 3 aromatic carbocycles. The van der Waals surface area contributed by atoms with Gasteiger partial charge in [0.15, 0.2) is 0 Å². The monoisotopic (exact) mass is 394 g/mol. The number of nitrogens with one attached hydrogen (secondary N) is 2. The predicted molar refractivity (Wildman–Crippen MR) is 112 cm³/mol. The third-order valence-corrected chi connectivity index (χ3v) is 4.31. The summed E-state index contributed by atoms with van der Waals surface area (Å²) in [4.78, 5) is 25.0. The van der Waals surface area contributed by atoms with Crippen molar-refractivity contribution in [3.05, 3.63) is 88.4 Å². The van der Waals surface area contributed by atoms with Gasteiger partial charge in [-0.3, -0.25) is 9.59 Å². The third-order valence-electron chi connectivity index (χ3n) is 4.07. The standard InChI is InChI=1S/C22H19ClN2O3/c1-14-5-3-6-15(11-14)22(27)25-19-13-18(9-10-20(19)28-2)24-21(26)16-7-4-8-17(23)12-16/h3-13H,1-2H3,(H,24,26)(H,25,27). The Morgan fingerprint density at radius 1 is 0.857 bits per heavy atom. The molecule has 0 atom stereocenters. The van der Waals surface area contributed by atoms with Gasteiger partial charge in [-0.25, -0.2) is 0 Å². The molecular formula is C22H19ClN2O3. The van der Waals surface area contributed by atoms with Crippen molar-refractivity contribution >= 4 is 34.8 Å². The Bertz CT molecular complexity index is 1030. The summed E-state index contributed by atoms with van der Waals surface area (Å²) in [5, 5.41) is 6.11. The predicted octanol–water partition coefficient (Wildman–Crippen LogP) is 5.16. The van der Waals surface area contributed by atoms with Crippen molar-refractivity contribution in [1.29, 1.82) is 0 Å². The zero-order valence-corrected chi connectivity index (χ0v) is 16.2. The highest BCUT2D eigenvalue weighted by atomic mass is 35.5. The summed E-state index contributed by atoms with van der Waals surface area (Å²) in [7, 11) is 1.52. The first-order valence-corrected chi connectivity index (χ1v) is 8.97. The Labute approximate surface area is 168 Å². The van der Waals surface area contributed by atoms with E-state index in [-0.39, 0.29) is 11.8 Å². The van der Waals surface area contributed by atoms with E-state index in [9.17, 15) is 9.59 Å². The van der Waals surface area contributed by atoms with E-state index < -0.39 is 0 Å². The van der Waals surface area contributed by atoms with Crippen LogP contribution in [0.15, 0.2) is 66.7 Å². The summed E-state index contributed by atoms with van der Waals surface area (Å²) in [5.41, 5.74) is 2.94. The van der Waals surface area contributed by atoms with E-state index in [1.54, 1.807) is 54.6 Å². The zero-order valence-electron chi connectivity index (χ0n) is 15.5. The Kier molecular flexibility index (Phi) is 5.96. The van der Waals surface area contributed by atoms with Crippen LogP contribution < -0.4 is 15.4 Å². The fourth-order valence-corrected chi connectivity index (χ4v) is 2.89. The van der Waals surface area contributed by atoms with Crippen LogP contribution in [0.5, 0.6) is 5.75 Å². The molecule has 0 aliphatic heterocycles. The van der Waals surface area contributed by atoms with Crippen molar-refractivity contribution in [2.24, 2.45) is 0 Å². The van der Waals surface area contributed by atoms with Crippen LogP contribution in [-0.4, -0.2) is 18.9 Å². The van der Waals surface area contributed by atoms with E-state index in [2.05, 4.69) is 10.6 Å². The number of carbonyl (C=O) groups is 2. The molecule has 0 saturated carbocycles. The molecule has 0 bridgehead atoms. The minimum atomic E-state index is -0.302. The number of ether oxygens (including phenoxy) is 1. The van der Waals surface area contributed by atoms with Crippen molar-refractivity contribution < 1.29 is 14.3 Å². The van der Waals surface area contributed by atoms with Crippen LogP contribution in [0.2, 0.25) is 5.02 Å². The molecule has 0 fully saturated rings. The van der Waals surface area contributed by atoms with Crippen molar-refractivity contribution in [3.8, 4) is 5.75 Å². The molecule has 142 valence electrons. The van der Waals surface area contributed by atoms with Gasteiger partial charge in [0.05, 0.1) is 12.8 Å². The number of rotatable bonds is 5. The van der Waals surface area contributed by atoms with Gasteiger partial charge in [-0.2, -0.15) is 0 Å². The van der Waals surface area contributed by atoms with Crippen LogP contribution in [0, 0.1) is 6.92 Å². The topological polar surface area (TPSA) is 67.4 Å². The molecule has 3 aromatic rings. The molecule has 0 unspecified atom stereocenters. The fraction of sp³-hybridized carbons (Fsp3) is 0.0909. The summed E-state index contributed by atoms with van der Waals surface area (Å²) >= 11 is 5.94. The minimum Gasteiger partial charge on any atom is -0.495 e. The van der Waals surface area contributed by atoms with Gasteiger partial charge in [0.1, 0.15) is 5.75 Å². The number of amides is 2. The number of halogens is 1. The molecule has 0 spiro atoms. The molecule has 0 aliphatic carbocycles. The maximum absolute atomic E-state index is 12.6. The molecule has 0 aromatic heterocycles. The number of methoxy groups -OCH3 is 1. The fourth-order valence-electron chi connectivity index (χ4n) is 2.70.